The van der Waals surface area contributed by atoms with E-state index < -0.39 is 0 Å². The molecule has 6 nitrogen and oxygen atoms in total. The Morgan fingerprint density at radius 2 is 2.40 bits per heavy atom. The number of nitrogens with zero attached hydrogens (tertiary/aromatic N) is 2. The molecule has 1 amide bonds. The third kappa shape index (κ3) is 3.70. The van der Waals surface area contributed by atoms with Gasteiger partial charge in [0.25, 0.3) is 0 Å². The number of nitrogen functional groups attached to an aromatic ring is 1. The minimum absolute atomic E-state index is 0.0504. The molecular formula is C8H15N5OS. The van der Waals surface area contributed by atoms with Crippen LogP contribution in [0.4, 0.5) is 11.1 Å². The Kier molecular flexibility index (Phi) is 4.29. The average Bonchev–Trinajstić information content (AvgIpc) is 2.60. The molecule has 0 bridgehead atoms. The Balaban J connectivity index is 2.41. The third-order valence-corrected chi connectivity index (χ3v) is 2.38. The Hall–Kier alpha value is -1.37. The first-order valence-electron chi connectivity index (χ1n) is 4.77. The molecule has 0 radical (unpaired) electrons. The zero-order valence-corrected chi connectivity index (χ0v) is 9.60. The zero-order chi connectivity index (χ0) is 11.3. The molecule has 1 aromatic rings. The summed E-state index contributed by atoms with van der Waals surface area (Å²) in [4.78, 5) is 15.4. The molecule has 0 saturated carbocycles. The Morgan fingerprint density at radius 3 is 2.93 bits per heavy atom. The molecule has 1 heterocycles. The standard InChI is InChI=1S/C8H15N5OS/c1-3-4-10-6(14)5(2)11-8-12-7(9)13-15-8/h5H,3-4H2,1-2H3,(H,10,14)(H3,9,11,12,13). The smallest absolute Gasteiger partial charge is 0.242 e. The summed E-state index contributed by atoms with van der Waals surface area (Å²) >= 11 is 1.14. The Morgan fingerprint density at radius 1 is 1.67 bits per heavy atom. The summed E-state index contributed by atoms with van der Waals surface area (Å²) in [5.41, 5.74) is 5.36. The van der Waals surface area contributed by atoms with Crippen molar-refractivity contribution in [2.75, 3.05) is 17.6 Å². The first kappa shape index (κ1) is 11.7. The highest BCUT2D eigenvalue weighted by Gasteiger charge is 2.13. The molecule has 1 aromatic heterocycles. The van der Waals surface area contributed by atoms with Crippen LogP contribution in [0.2, 0.25) is 0 Å². The van der Waals surface area contributed by atoms with Gasteiger partial charge < -0.3 is 16.4 Å². The molecule has 7 heteroatoms. The molecule has 0 aromatic carbocycles. The van der Waals surface area contributed by atoms with E-state index in [1.807, 2.05) is 6.92 Å². The van der Waals surface area contributed by atoms with Crippen LogP contribution in [-0.2, 0) is 4.79 Å². The van der Waals surface area contributed by atoms with Gasteiger partial charge in [-0.15, -0.1) is 0 Å². The second kappa shape index (κ2) is 5.50. The first-order valence-corrected chi connectivity index (χ1v) is 5.54. The molecule has 0 saturated heterocycles. The quantitative estimate of drug-likeness (QED) is 0.681. The summed E-state index contributed by atoms with van der Waals surface area (Å²) in [7, 11) is 0. The molecule has 15 heavy (non-hydrogen) atoms. The van der Waals surface area contributed by atoms with Gasteiger partial charge in [-0.05, 0) is 13.3 Å². The maximum Gasteiger partial charge on any atom is 0.242 e. The van der Waals surface area contributed by atoms with Crippen molar-refractivity contribution in [1.29, 1.82) is 0 Å². The summed E-state index contributed by atoms with van der Waals surface area (Å²) in [6.45, 7) is 4.45. The van der Waals surface area contributed by atoms with E-state index in [9.17, 15) is 4.79 Å². The van der Waals surface area contributed by atoms with Crippen molar-refractivity contribution in [3.63, 3.8) is 0 Å². The number of nitrogens with two attached hydrogens (primary N) is 1. The molecule has 0 fully saturated rings. The second-order valence-corrected chi connectivity index (χ2v) is 3.87. The van der Waals surface area contributed by atoms with Gasteiger partial charge in [0.2, 0.25) is 17.0 Å². The van der Waals surface area contributed by atoms with Crippen molar-refractivity contribution < 1.29 is 4.79 Å². The van der Waals surface area contributed by atoms with Crippen LogP contribution in [0.3, 0.4) is 0 Å². The fourth-order valence-electron chi connectivity index (χ4n) is 0.946. The number of aromatic nitrogens is 2. The fraction of sp³-hybridized carbons (Fsp3) is 0.625. The van der Waals surface area contributed by atoms with Crippen molar-refractivity contribution in [3.05, 3.63) is 0 Å². The van der Waals surface area contributed by atoms with E-state index in [2.05, 4.69) is 20.0 Å². The van der Waals surface area contributed by atoms with Gasteiger partial charge in [-0.1, -0.05) is 6.92 Å². The van der Waals surface area contributed by atoms with Gasteiger partial charge in [0.05, 0.1) is 0 Å². The molecule has 0 spiro atoms. The maximum atomic E-state index is 11.5. The SMILES string of the molecule is CCCNC(=O)C(C)Nc1nc(N)ns1. The second-order valence-electron chi connectivity index (χ2n) is 3.11. The number of nitrogens with one attached hydrogen (secondary N) is 2. The predicted molar refractivity (Wildman–Crippen MR) is 60.7 cm³/mol. The van der Waals surface area contributed by atoms with E-state index in [4.69, 9.17) is 5.73 Å². The Bertz CT molecular complexity index is 327. The number of carbonyl (C=O) groups is 1. The highest BCUT2D eigenvalue weighted by molar-refractivity contribution is 7.09. The van der Waals surface area contributed by atoms with E-state index in [0.717, 1.165) is 18.0 Å². The third-order valence-electron chi connectivity index (χ3n) is 1.72. The summed E-state index contributed by atoms with van der Waals surface area (Å²) in [6, 6.07) is -0.330. The highest BCUT2D eigenvalue weighted by Crippen LogP contribution is 2.12. The van der Waals surface area contributed by atoms with Gasteiger partial charge >= 0.3 is 0 Å². The normalized spacial score (nSPS) is 12.1. The van der Waals surface area contributed by atoms with E-state index in [1.165, 1.54) is 0 Å². The molecule has 0 aliphatic rings. The van der Waals surface area contributed by atoms with Crippen LogP contribution in [-0.4, -0.2) is 27.9 Å². The van der Waals surface area contributed by atoms with Crippen LogP contribution >= 0.6 is 11.5 Å². The van der Waals surface area contributed by atoms with Gasteiger partial charge in [0.1, 0.15) is 6.04 Å². The monoisotopic (exact) mass is 229 g/mol. The largest absolute Gasteiger partial charge is 0.367 e. The molecule has 1 atom stereocenters. The molecular weight excluding hydrogens is 214 g/mol. The molecule has 0 aliphatic heterocycles. The fourth-order valence-corrected chi connectivity index (χ4v) is 1.53. The van der Waals surface area contributed by atoms with Crippen molar-refractivity contribution in [2.45, 2.75) is 26.3 Å². The van der Waals surface area contributed by atoms with Crippen molar-refractivity contribution in [3.8, 4) is 0 Å². The molecule has 1 unspecified atom stereocenters. The van der Waals surface area contributed by atoms with Crippen LogP contribution in [0.5, 0.6) is 0 Å². The lowest BCUT2D eigenvalue weighted by atomic mass is 10.3. The molecule has 84 valence electrons. The number of rotatable bonds is 5. The maximum absolute atomic E-state index is 11.5. The lowest BCUT2D eigenvalue weighted by Crippen LogP contribution is -2.37. The summed E-state index contributed by atoms with van der Waals surface area (Å²) in [5.74, 6) is 0.175. The summed E-state index contributed by atoms with van der Waals surface area (Å²) in [5, 5.41) is 6.27. The number of amides is 1. The van der Waals surface area contributed by atoms with Crippen LogP contribution in [0.25, 0.3) is 0 Å². The zero-order valence-electron chi connectivity index (χ0n) is 8.78. The van der Waals surface area contributed by atoms with Crippen molar-refractivity contribution in [1.82, 2.24) is 14.7 Å². The molecule has 0 aliphatic carbocycles. The lowest BCUT2D eigenvalue weighted by molar-refractivity contribution is -0.121. The molecule has 1 rings (SSSR count). The van der Waals surface area contributed by atoms with Crippen molar-refractivity contribution >= 4 is 28.5 Å². The van der Waals surface area contributed by atoms with Gasteiger partial charge in [0, 0.05) is 18.1 Å². The van der Waals surface area contributed by atoms with E-state index in [0.29, 0.717) is 11.7 Å². The lowest BCUT2D eigenvalue weighted by Gasteiger charge is -2.11. The van der Waals surface area contributed by atoms with E-state index >= 15 is 0 Å². The van der Waals surface area contributed by atoms with Crippen LogP contribution < -0.4 is 16.4 Å². The van der Waals surface area contributed by atoms with Gasteiger partial charge in [-0.2, -0.15) is 9.36 Å². The minimum Gasteiger partial charge on any atom is -0.367 e. The van der Waals surface area contributed by atoms with Gasteiger partial charge in [0.15, 0.2) is 0 Å². The topological polar surface area (TPSA) is 92.9 Å². The van der Waals surface area contributed by atoms with Gasteiger partial charge in [-0.25, -0.2) is 0 Å². The minimum atomic E-state index is -0.330. The van der Waals surface area contributed by atoms with Crippen LogP contribution in [0.15, 0.2) is 0 Å². The van der Waals surface area contributed by atoms with Crippen LogP contribution in [0.1, 0.15) is 20.3 Å². The number of hydrogen-bond acceptors (Lipinski definition) is 6. The first-order chi connectivity index (χ1) is 7.13. The average molecular weight is 229 g/mol. The summed E-state index contributed by atoms with van der Waals surface area (Å²) in [6.07, 6.45) is 0.921. The number of anilines is 2. The highest BCUT2D eigenvalue weighted by atomic mass is 32.1. The van der Waals surface area contributed by atoms with Crippen molar-refractivity contribution in [2.24, 2.45) is 0 Å². The predicted octanol–water partition coefficient (Wildman–Crippen LogP) is 0.447. The van der Waals surface area contributed by atoms with E-state index in [-0.39, 0.29) is 17.9 Å². The molecule has 4 N–H and O–H groups in total. The van der Waals surface area contributed by atoms with Crippen LogP contribution in [0, 0.1) is 0 Å². The summed E-state index contributed by atoms with van der Waals surface area (Å²) < 4.78 is 3.81. The van der Waals surface area contributed by atoms with Gasteiger partial charge in [-0.3, -0.25) is 4.79 Å². The Labute approximate surface area is 92.4 Å². The number of hydrogen-bond donors (Lipinski definition) is 3. The number of carbonyl (C=O) groups excluding carboxylic acids is 1. The van der Waals surface area contributed by atoms with E-state index in [1.54, 1.807) is 6.92 Å².